The molecule has 5 rings (SSSR count). The Hall–Kier alpha value is -4.41. The molecule has 11 nitrogen and oxygen atoms in total. The van der Waals surface area contributed by atoms with Gasteiger partial charge in [-0.2, -0.15) is 4.98 Å². The Balaban J connectivity index is 1.46. The van der Waals surface area contributed by atoms with E-state index in [0.717, 1.165) is 10.1 Å². The van der Waals surface area contributed by atoms with Gasteiger partial charge in [0.1, 0.15) is 6.54 Å². The topological polar surface area (TPSA) is 130 Å². The quantitative estimate of drug-likeness (QED) is 0.404. The molecule has 35 heavy (non-hydrogen) atoms. The van der Waals surface area contributed by atoms with Gasteiger partial charge in [-0.05, 0) is 25.0 Å². The number of amides is 1. The standard InChI is InChI=1S/C24H23N5O6/c1-15-26-22(35-27-15)8-5-9-28-23(31)17-10-19-20(34-14-33-19)11-18(17)29(24(28)32)13-21(30)25-12-16-6-3-2-4-7-16/h2-4,6-7,10-11H,5,8-9,12-14H2,1H3,(H,25,30). The van der Waals surface area contributed by atoms with Gasteiger partial charge in [-0.1, -0.05) is 35.5 Å². The third-order valence-electron chi connectivity index (χ3n) is 5.70. The molecule has 0 saturated heterocycles. The highest BCUT2D eigenvalue weighted by Gasteiger charge is 2.21. The molecule has 0 atom stereocenters. The lowest BCUT2D eigenvalue weighted by atomic mass is 10.2. The molecule has 1 aliphatic rings. The summed E-state index contributed by atoms with van der Waals surface area (Å²) in [7, 11) is 0. The number of hydrogen-bond donors (Lipinski definition) is 1. The van der Waals surface area contributed by atoms with E-state index in [1.165, 1.54) is 4.57 Å². The van der Waals surface area contributed by atoms with Crippen LogP contribution < -0.4 is 26.0 Å². The molecule has 0 unspecified atom stereocenters. The van der Waals surface area contributed by atoms with Crippen molar-refractivity contribution in [3.8, 4) is 11.5 Å². The minimum Gasteiger partial charge on any atom is -0.454 e. The molecule has 1 aliphatic heterocycles. The maximum Gasteiger partial charge on any atom is 0.331 e. The van der Waals surface area contributed by atoms with Crippen molar-refractivity contribution in [1.29, 1.82) is 0 Å². The molecule has 0 radical (unpaired) electrons. The molecule has 180 valence electrons. The SMILES string of the molecule is Cc1noc(CCCn2c(=O)c3cc4c(cc3n(CC(=O)NCc3ccccc3)c2=O)OCO4)n1. The van der Waals surface area contributed by atoms with Gasteiger partial charge in [0, 0.05) is 25.6 Å². The van der Waals surface area contributed by atoms with Gasteiger partial charge < -0.3 is 19.3 Å². The van der Waals surface area contributed by atoms with E-state index in [9.17, 15) is 14.4 Å². The van der Waals surface area contributed by atoms with Crippen LogP contribution in [0.3, 0.4) is 0 Å². The highest BCUT2D eigenvalue weighted by molar-refractivity contribution is 5.84. The molecule has 0 bridgehead atoms. The fraction of sp³-hybridized carbons (Fsp3) is 0.292. The summed E-state index contributed by atoms with van der Waals surface area (Å²) in [6, 6.07) is 12.6. The first-order valence-electron chi connectivity index (χ1n) is 11.2. The molecule has 2 aromatic carbocycles. The Morgan fingerprint density at radius 1 is 1.09 bits per heavy atom. The normalized spacial score (nSPS) is 12.3. The average Bonchev–Trinajstić information content (AvgIpc) is 3.50. The molecule has 0 saturated carbocycles. The molecule has 2 aromatic heterocycles. The summed E-state index contributed by atoms with van der Waals surface area (Å²) >= 11 is 0. The van der Waals surface area contributed by atoms with Crippen molar-refractivity contribution in [3.05, 3.63) is 80.6 Å². The Labute approximate surface area is 198 Å². The summed E-state index contributed by atoms with van der Waals surface area (Å²) in [6.45, 7) is 1.92. The number of ether oxygens (including phenoxy) is 2. The summed E-state index contributed by atoms with van der Waals surface area (Å²) in [5.74, 6) is 1.42. The molecular formula is C24H23N5O6. The lowest BCUT2D eigenvalue weighted by Crippen LogP contribution is -2.42. The van der Waals surface area contributed by atoms with Crippen LogP contribution in [-0.4, -0.2) is 32.0 Å². The highest BCUT2D eigenvalue weighted by atomic mass is 16.7. The van der Waals surface area contributed by atoms with Crippen LogP contribution in [0, 0.1) is 6.92 Å². The molecule has 3 heterocycles. The second-order valence-corrected chi connectivity index (χ2v) is 8.15. The number of fused-ring (bicyclic) bond motifs is 2. The minimum atomic E-state index is -0.585. The second kappa shape index (κ2) is 9.45. The van der Waals surface area contributed by atoms with Crippen molar-refractivity contribution in [3.63, 3.8) is 0 Å². The molecule has 4 aromatic rings. The van der Waals surface area contributed by atoms with Crippen LogP contribution in [0.15, 0.2) is 56.6 Å². The Morgan fingerprint density at radius 2 is 1.86 bits per heavy atom. The number of hydrogen-bond acceptors (Lipinski definition) is 8. The van der Waals surface area contributed by atoms with E-state index in [4.69, 9.17) is 14.0 Å². The molecule has 11 heteroatoms. The fourth-order valence-electron chi connectivity index (χ4n) is 3.98. The van der Waals surface area contributed by atoms with E-state index < -0.39 is 11.2 Å². The van der Waals surface area contributed by atoms with E-state index in [-0.39, 0.29) is 31.2 Å². The highest BCUT2D eigenvalue weighted by Crippen LogP contribution is 2.34. The summed E-state index contributed by atoms with van der Waals surface area (Å²) in [5, 5.41) is 6.83. The molecule has 1 amide bonds. The molecule has 1 N–H and O–H groups in total. The number of aryl methyl sites for hydroxylation is 2. The molecule has 0 fully saturated rings. The largest absolute Gasteiger partial charge is 0.454 e. The molecule has 0 spiro atoms. The first-order chi connectivity index (χ1) is 17.0. The predicted octanol–water partition coefficient (Wildman–Crippen LogP) is 1.53. The van der Waals surface area contributed by atoms with Gasteiger partial charge in [-0.25, -0.2) is 4.79 Å². The van der Waals surface area contributed by atoms with Gasteiger partial charge in [0.15, 0.2) is 17.3 Å². The zero-order valence-electron chi connectivity index (χ0n) is 19.0. The van der Waals surface area contributed by atoms with E-state index in [1.807, 2.05) is 30.3 Å². The van der Waals surface area contributed by atoms with Gasteiger partial charge in [0.25, 0.3) is 5.56 Å². The second-order valence-electron chi connectivity index (χ2n) is 8.15. The van der Waals surface area contributed by atoms with Gasteiger partial charge in [-0.15, -0.1) is 0 Å². The summed E-state index contributed by atoms with van der Waals surface area (Å²) in [4.78, 5) is 43.5. The van der Waals surface area contributed by atoms with E-state index in [2.05, 4.69) is 15.5 Å². The van der Waals surface area contributed by atoms with Crippen LogP contribution in [0.2, 0.25) is 0 Å². The number of nitrogens with zero attached hydrogens (tertiary/aromatic N) is 4. The Morgan fingerprint density at radius 3 is 2.60 bits per heavy atom. The first kappa shape index (κ1) is 22.4. The van der Waals surface area contributed by atoms with E-state index in [0.29, 0.717) is 48.1 Å². The average molecular weight is 477 g/mol. The third kappa shape index (κ3) is 4.65. The van der Waals surface area contributed by atoms with Crippen molar-refractivity contribution in [2.45, 2.75) is 39.4 Å². The van der Waals surface area contributed by atoms with E-state index >= 15 is 0 Å². The Bertz CT molecular complexity index is 1500. The maximum atomic E-state index is 13.4. The smallest absolute Gasteiger partial charge is 0.331 e. The van der Waals surface area contributed by atoms with Crippen molar-refractivity contribution in [2.75, 3.05) is 6.79 Å². The number of benzene rings is 2. The Kier molecular flexibility index (Phi) is 6.04. The minimum absolute atomic E-state index is 0.0191. The number of rotatable bonds is 8. The van der Waals surface area contributed by atoms with Crippen LogP contribution in [-0.2, 0) is 30.8 Å². The zero-order valence-corrected chi connectivity index (χ0v) is 19.0. The van der Waals surface area contributed by atoms with Crippen LogP contribution >= 0.6 is 0 Å². The zero-order chi connectivity index (χ0) is 24.4. The summed E-state index contributed by atoms with van der Waals surface area (Å²) in [6.07, 6.45) is 0.830. The maximum absolute atomic E-state index is 13.4. The summed E-state index contributed by atoms with van der Waals surface area (Å²) < 4.78 is 18.4. The number of carbonyl (C=O) groups excluding carboxylic acids is 1. The lowest BCUT2D eigenvalue weighted by Gasteiger charge is -2.14. The number of aromatic nitrogens is 4. The van der Waals surface area contributed by atoms with Crippen molar-refractivity contribution in [1.82, 2.24) is 24.6 Å². The van der Waals surface area contributed by atoms with Crippen LogP contribution in [0.5, 0.6) is 11.5 Å². The van der Waals surface area contributed by atoms with Gasteiger partial charge in [-0.3, -0.25) is 18.7 Å². The fourth-order valence-corrected chi connectivity index (χ4v) is 3.98. The van der Waals surface area contributed by atoms with Crippen molar-refractivity contribution in [2.24, 2.45) is 0 Å². The van der Waals surface area contributed by atoms with Crippen molar-refractivity contribution < 1.29 is 18.8 Å². The van der Waals surface area contributed by atoms with Gasteiger partial charge >= 0.3 is 5.69 Å². The van der Waals surface area contributed by atoms with Crippen LogP contribution in [0.4, 0.5) is 0 Å². The molecular weight excluding hydrogens is 454 g/mol. The van der Waals surface area contributed by atoms with Gasteiger partial charge in [0.2, 0.25) is 18.6 Å². The third-order valence-corrected chi connectivity index (χ3v) is 5.70. The predicted molar refractivity (Wildman–Crippen MR) is 124 cm³/mol. The van der Waals surface area contributed by atoms with Gasteiger partial charge in [0.05, 0.1) is 10.9 Å². The summed E-state index contributed by atoms with van der Waals surface area (Å²) in [5.41, 5.74) is 0.189. The molecule has 0 aliphatic carbocycles. The van der Waals surface area contributed by atoms with E-state index in [1.54, 1.807) is 19.1 Å². The lowest BCUT2D eigenvalue weighted by molar-refractivity contribution is -0.121. The monoisotopic (exact) mass is 477 g/mol. The first-order valence-corrected chi connectivity index (χ1v) is 11.2. The van der Waals surface area contributed by atoms with Crippen LogP contribution in [0.25, 0.3) is 10.9 Å². The number of carbonyl (C=O) groups is 1. The van der Waals surface area contributed by atoms with Crippen LogP contribution in [0.1, 0.15) is 23.7 Å². The van der Waals surface area contributed by atoms with Crippen molar-refractivity contribution >= 4 is 16.8 Å². The number of nitrogens with one attached hydrogen (secondary N) is 1.